The van der Waals surface area contributed by atoms with Crippen molar-refractivity contribution in [2.75, 3.05) is 11.9 Å². The van der Waals surface area contributed by atoms with Crippen molar-refractivity contribution in [2.24, 2.45) is 0 Å². The number of hydrogen-bond acceptors (Lipinski definition) is 6. The Morgan fingerprint density at radius 2 is 1.91 bits per heavy atom. The van der Waals surface area contributed by atoms with E-state index >= 15 is 0 Å². The minimum absolute atomic E-state index is 0.181. The summed E-state index contributed by atoms with van der Waals surface area (Å²) in [6.45, 7) is 10.6. The van der Waals surface area contributed by atoms with Crippen LogP contribution in [0.15, 0.2) is 42.7 Å². The molecule has 0 unspecified atom stereocenters. The average Bonchev–Trinajstić information content (AvgIpc) is 3.28. The summed E-state index contributed by atoms with van der Waals surface area (Å²) in [7, 11) is 0. The first-order valence-electron chi connectivity index (χ1n) is 11.4. The Morgan fingerprint density at radius 1 is 1.12 bits per heavy atom. The zero-order valence-electron chi connectivity index (χ0n) is 20.2. The van der Waals surface area contributed by atoms with Crippen LogP contribution in [0.4, 0.5) is 10.6 Å². The molecule has 1 aromatic carbocycles. The van der Waals surface area contributed by atoms with Crippen molar-refractivity contribution in [3.63, 3.8) is 0 Å². The third kappa shape index (κ3) is 5.24. The molecule has 4 rings (SSSR count). The van der Waals surface area contributed by atoms with Gasteiger partial charge >= 0.3 is 6.09 Å². The number of ether oxygens (including phenoxy) is 1. The molecule has 3 heterocycles. The minimum atomic E-state index is -0.553. The molecule has 1 aliphatic rings. The number of benzene rings is 1. The first-order valence-corrected chi connectivity index (χ1v) is 11.4. The number of rotatable bonds is 4. The lowest BCUT2D eigenvalue weighted by Gasteiger charge is -2.31. The highest BCUT2D eigenvalue weighted by atomic mass is 16.6. The molecule has 0 atom stereocenters. The number of fused-ring (bicyclic) bond motifs is 1. The lowest BCUT2D eigenvalue weighted by Crippen LogP contribution is -2.40. The standard InChI is InChI=1S/C25H30N6O3/c1-16(2)31-15-26-29-22(31)20-7-6-8-21(27-20)28-23(32)18-10-9-17-11-12-30(14-19(17)13-18)24(33)34-25(3,4)5/h6-10,13,15-16H,11-12,14H2,1-5H3,(H,27,28,32). The maximum Gasteiger partial charge on any atom is 0.410 e. The zero-order chi connectivity index (χ0) is 24.5. The van der Waals surface area contributed by atoms with Gasteiger partial charge in [-0.15, -0.1) is 10.2 Å². The molecule has 1 N–H and O–H groups in total. The summed E-state index contributed by atoms with van der Waals surface area (Å²) in [6.07, 6.45) is 2.04. The summed E-state index contributed by atoms with van der Waals surface area (Å²) in [5.41, 5.74) is 2.65. The Hall–Kier alpha value is -3.75. The molecule has 2 amide bonds. The van der Waals surface area contributed by atoms with E-state index in [0.29, 0.717) is 36.0 Å². The Bertz CT molecular complexity index is 1210. The van der Waals surface area contributed by atoms with Crippen molar-refractivity contribution >= 4 is 17.8 Å². The molecule has 0 bridgehead atoms. The van der Waals surface area contributed by atoms with Crippen LogP contribution in [0.2, 0.25) is 0 Å². The lowest BCUT2D eigenvalue weighted by molar-refractivity contribution is 0.0224. The van der Waals surface area contributed by atoms with Crippen LogP contribution in [0.5, 0.6) is 0 Å². The van der Waals surface area contributed by atoms with Crippen LogP contribution in [0.25, 0.3) is 11.5 Å². The molecule has 0 fully saturated rings. The number of nitrogens with one attached hydrogen (secondary N) is 1. The van der Waals surface area contributed by atoms with Gasteiger partial charge in [-0.3, -0.25) is 4.79 Å². The van der Waals surface area contributed by atoms with E-state index in [1.54, 1.807) is 23.4 Å². The number of nitrogens with zero attached hydrogens (tertiary/aromatic N) is 5. The molecule has 3 aromatic rings. The van der Waals surface area contributed by atoms with Gasteiger partial charge in [0.1, 0.15) is 23.4 Å². The maximum absolute atomic E-state index is 13.0. The molecule has 34 heavy (non-hydrogen) atoms. The SMILES string of the molecule is CC(C)n1cnnc1-c1cccc(NC(=O)c2ccc3c(c2)CN(C(=O)OC(C)(C)C)CC3)n1. The second kappa shape index (κ2) is 9.24. The van der Waals surface area contributed by atoms with E-state index in [2.05, 4.69) is 20.5 Å². The van der Waals surface area contributed by atoms with Crippen molar-refractivity contribution in [1.82, 2.24) is 24.6 Å². The Morgan fingerprint density at radius 3 is 2.65 bits per heavy atom. The van der Waals surface area contributed by atoms with Gasteiger partial charge in [0, 0.05) is 24.7 Å². The van der Waals surface area contributed by atoms with Crippen LogP contribution < -0.4 is 5.32 Å². The summed E-state index contributed by atoms with van der Waals surface area (Å²) < 4.78 is 7.43. The van der Waals surface area contributed by atoms with Gasteiger partial charge in [0.05, 0.1) is 0 Å². The van der Waals surface area contributed by atoms with Gasteiger partial charge in [0.25, 0.3) is 5.91 Å². The third-order valence-corrected chi connectivity index (χ3v) is 5.48. The van der Waals surface area contributed by atoms with E-state index in [0.717, 1.165) is 17.5 Å². The Kier molecular flexibility index (Phi) is 6.37. The predicted octanol–water partition coefficient (Wildman–Crippen LogP) is 4.47. The van der Waals surface area contributed by atoms with Gasteiger partial charge in [-0.2, -0.15) is 0 Å². The first-order chi connectivity index (χ1) is 16.1. The fourth-order valence-electron chi connectivity index (χ4n) is 3.80. The zero-order valence-corrected chi connectivity index (χ0v) is 20.2. The molecular weight excluding hydrogens is 432 g/mol. The van der Waals surface area contributed by atoms with E-state index in [-0.39, 0.29) is 18.0 Å². The highest BCUT2D eigenvalue weighted by Crippen LogP contribution is 2.24. The van der Waals surface area contributed by atoms with Gasteiger partial charge in [-0.05, 0) is 76.4 Å². The van der Waals surface area contributed by atoms with E-state index in [1.807, 2.05) is 63.5 Å². The summed E-state index contributed by atoms with van der Waals surface area (Å²) in [5.74, 6) is 0.795. The number of pyridine rings is 1. The van der Waals surface area contributed by atoms with Crippen LogP contribution >= 0.6 is 0 Å². The van der Waals surface area contributed by atoms with Crippen LogP contribution in [0, 0.1) is 0 Å². The van der Waals surface area contributed by atoms with Crippen molar-refractivity contribution in [3.8, 4) is 11.5 Å². The number of anilines is 1. The van der Waals surface area contributed by atoms with Gasteiger partial charge in [0.15, 0.2) is 5.82 Å². The van der Waals surface area contributed by atoms with Crippen LogP contribution in [0.1, 0.15) is 62.1 Å². The molecule has 0 aliphatic carbocycles. The molecule has 0 saturated heterocycles. The smallest absolute Gasteiger partial charge is 0.410 e. The van der Waals surface area contributed by atoms with Gasteiger partial charge in [0.2, 0.25) is 0 Å². The van der Waals surface area contributed by atoms with Crippen molar-refractivity contribution in [3.05, 3.63) is 59.4 Å². The molecule has 178 valence electrons. The normalized spacial score (nSPS) is 13.5. The van der Waals surface area contributed by atoms with Crippen LogP contribution in [0.3, 0.4) is 0 Å². The Labute approximate surface area is 199 Å². The van der Waals surface area contributed by atoms with Gasteiger partial charge in [-0.25, -0.2) is 9.78 Å². The Balaban J connectivity index is 1.49. The summed E-state index contributed by atoms with van der Waals surface area (Å²) in [6, 6.07) is 11.2. The molecule has 0 radical (unpaired) electrons. The maximum atomic E-state index is 13.0. The first kappa shape index (κ1) is 23.4. The third-order valence-electron chi connectivity index (χ3n) is 5.48. The molecule has 0 spiro atoms. The summed E-state index contributed by atoms with van der Waals surface area (Å²) in [5, 5.41) is 11.0. The largest absolute Gasteiger partial charge is 0.444 e. The highest BCUT2D eigenvalue weighted by Gasteiger charge is 2.26. The predicted molar refractivity (Wildman–Crippen MR) is 128 cm³/mol. The molecule has 9 nitrogen and oxygen atoms in total. The topological polar surface area (TPSA) is 102 Å². The van der Waals surface area contributed by atoms with E-state index in [1.165, 1.54) is 0 Å². The molecule has 0 saturated carbocycles. The number of aromatic nitrogens is 4. The number of carbonyl (C=O) groups excluding carboxylic acids is 2. The van der Waals surface area contributed by atoms with E-state index < -0.39 is 5.60 Å². The van der Waals surface area contributed by atoms with E-state index in [4.69, 9.17) is 4.74 Å². The van der Waals surface area contributed by atoms with Gasteiger partial charge in [-0.1, -0.05) is 12.1 Å². The molecule has 1 aliphatic heterocycles. The fourth-order valence-corrected chi connectivity index (χ4v) is 3.80. The highest BCUT2D eigenvalue weighted by molar-refractivity contribution is 6.04. The fraction of sp³-hybridized carbons (Fsp3) is 0.400. The summed E-state index contributed by atoms with van der Waals surface area (Å²) in [4.78, 5) is 31.7. The number of hydrogen-bond donors (Lipinski definition) is 1. The summed E-state index contributed by atoms with van der Waals surface area (Å²) >= 11 is 0. The second-order valence-corrected chi connectivity index (χ2v) is 9.65. The van der Waals surface area contributed by atoms with E-state index in [9.17, 15) is 9.59 Å². The van der Waals surface area contributed by atoms with Crippen molar-refractivity contribution in [2.45, 2.75) is 59.2 Å². The van der Waals surface area contributed by atoms with Crippen molar-refractivity contribution < 1.29 is 14.3 Å². The van der Waals surface area contributed by atoms with Gasteiger partial charge < -0.3 is 19.5 Å². The monoisotopic (exact) mass is 462 g/mol. The van der Waals surface area contributed by atoms with Crippen LogP contribution in [-0.4, -0.2) is 48.8 Å². The quantitative estimate of drug-likeness (QED) is 0.614. The molecular formula is C25H30N6O3. The number of amides is 2. The van der Waals surface area contributed by atoms with Crippen LogP contribution in [-0.2, 0) is 17.7 Å². The number of carbonyl (C=O) groups is 2. The second-order valence-electron chi connectivity index (χ2n) is 9.65. The minimum Gasteiger partial charge on any atom is -0.444 e. The average molecular weight is 463 g/mol. The lowest BCUT2D eigenvalue weighted by atomic mass is 9.97. The van der Waals surface area contributed by atoms with Crippen molar-refractivity contribution in [1.29, 1.82) is 0 Å². The molecule has 2 aromatic heterocycles. The molecule has 9 heteroatoms.